The molecule has 1 aliphatic rings. The largest absolute Gasteiger partial charge is 0.307 e. The van der Waals surface area contributed by atoms with E-state index in [-0.39, 0.29) is 0 Å². The highest BCUT2D eigenvalue weighted by atomic mass is 32.2. The SMILES string of the molecule is CC(C)CC(C)NC1CSc2ccccc21. The zero-order chi connectivity index (χ0) is 11.5. The lowest BCUT2D eigenvalue weighted by Crippen LogP contribution is -2.31. The van der Waals surface area contributed by atoms with Gasteiger partial charge in [0.1, 0.15) is 0 Å². The Hall–Kier alpha value is -0.470. The Kier molecular flexibility index (Phi) is 3.93. The summed E-state index contributed by atoms with van der Waals surface area (Å²) in [5.74, 6) is 1.95. The van der Waals surface area contributed by atoms with Crippen molar-refractivity contribution in [3.63, 3.8) is 0 Å². The van der Waals surface area contributed by atoms with Gasteiger partial charge in [-0.1, -0.05) is 32.0 Å². The van der Waals surface area contributed by atoms with Gasteiger partial charge in [-0.2, -0.15) is 0 Å². The number of benzene rings is 1. The van der Waals surface area contributed by atoms with Crippen molar-refractivity contribution in [2.75, 3.05) is 5.75 Å². The first-order valence-corrected chi connectivity index (χ1v) is 7.13. The summed E-state index contributed by atoms with van der Waals surface area (Å²) in [6.07, 6.45) is 1.25. The summed E-state index contributed by atoms with van der Waals surface area (Å²) in [5.41, 5.74) is 1.49. The minimum Gasteiger partial charge on any atom is -0.307 e. The Balaban J connectivity index is 1.98. The summed E-state index contributed by atoms with van der Waals surface area (Å²) < 4.78 is 0. The van der Waals surface area contributed by atoms with Crippen LogP contribution < -0.4 is 5.32 Å². The van der Waals surface area contributed by atoms with Gasteiger partial charge in [0.25, 0.3) is 0 Å². The van der Waals surface area contributed by atoms with Gasteiger partial charge in [0.15, 0.2) is 0 Å². The average molecular weight is 235 g/mol. The molecule has 1 aromatic carbocycles. The predicted molar refractivity (Wildman–Crippen MR) is 72.0 cm³/mol. The fraction of sp³-hybridized carbons (Fsp3) is 0.571. The van der Waals surface area contributed by atoms with E-state index in [1.54, 1.807) is 0 Å². The molecule has 0 bridgehead atoms. The molecule has 0 fully saturated rings. The lowest BCUT2D eigenvalue weighted by molar-refractivity contribution is 0.410. The molecule has 1 N–H and O–H groups in total. The van der Waals surface area contributed by atoms with Crippen LogP contribution in [0.2, 0.25) is 0 Å². The van der Waals surface area contributed by atoms with E-state index in [2.05, 4.69) is 50.4 Å². The van der Waals surface area contributed by atoms with Crippen LogP contribution in [0.1, 0.15) is 38.8 Å². The van der Waals surface area contributed by atoms with Crippen LogP contribution in [0.15, 0.2) is 29.2 Å². The van der Waals surface area contributed by atoms with Crippen molar-refractivity contribution in [1.82, 2.24) is 5.32 Å². The highest BCUT2D eigenvalue weighted by Crippen LogP contribution is 2.38. The molecule has 1 aromatic rings. The summed E-state index contributed by atoms with van der Waals surface area (Å²) in [6, 6.07) is 9.93. The first-order valence-electron chi connectivity index (χ1n) is 6.14. The van der Waals surface area contributed by atoms with E-state index in [1.165, 1.54) is 22.6 Å². The topological polar surface area (TPSA) is 12.0 Å². The van der Waals surface area contributed by atoms with Crippen LogP contribution in [-0.4, -0.2) is 11.8 Å². The monoisotopic (exact) mass is 235 g/mol. The molecule has 2 atom stereocenters. The lowest BCUT2D eigenvalue weighted by Gasteiger charge is -2.21. The number of fused-ring (bicyclic) bond motifs is 1. The molecule has 1 aliphatic heterocycles. The average Bonchev–Trinajstić information content (AvgIpc) is 2.61. The van der Waals surface area contributed by atoms with Crippen molar-refractivity contribution in [1.29, 1.82) is 0 Å². The summed E-state index contributed by atoms with van der Waals surface area (Å²) >= 11 is 1.97. The van der Waals surface area contributed by atoms with Crippen LogP contribution >= 0.6 is 11.8 Å². The van der Waals surface area contributed by atoms with Gasteiger partial charge in [-0.05, 0) is 30.9 Å². The molecular weight excluding hydrogens is 214 g/mol. The second-order valence-corrected chi connectivity index (χ2v) is 6.16. The molecule has 0 radical (unpaired) electrons. The zero-order valence-corrected chi connectivity index (χ0v) is 11.2. The van der Waals surface area contributed by atoms with E-state index in [9.17, 15) is 0 Å². The van der Waals surface area contributed by atoms with Crippen molar-refractivity contribution in [3.8, 4) is 0 Å². The number of nitrogens with one attached hydrogen (secondary N) is 1. The standard InChI is InChI=1S/C14H21NS/c1-10(2)8-11(3)15-13-9-16-14-7-5-4-6-12(13)14/h4-7,10-11,13,15H,8-9H2,1-3H3. The number of thioether (sulfide) groups is 1. The van der Waals surface area contributed by atoms with Crippen molar-refractivity contribution < 1.29 is 0 Å². The van der Waals surface area contributed by atoms with Crippen molar-refractivity contribution in [2.24, 2.45) is 5.92 Å². The number of hydrogen-bond acceptors (Lipinski definition) is 2. The Labute approximate surface area is 103 Å². The van der Waals surface area contributed by atoms with Gasteiger partial charge >= 0.3 is 0 Å². The molecule has 2 rings (SSSR count). The molecule has 1 heterocycles. The van der Waals surface area contributed by atoms with Gasteiger partial charge in [0.2, 0.25) is 0 Å². The zero-order valence-electron chi connectivity index (χ0n) is 10.4. The number of rotatable bonds is 4. The van der Waals surface area contributed by atoms with Gasteiger partial charge in [0, 0.05) is 22.7 Å². The predicted octanol–water partition coefficient (Wildman–Crippen LogP) is 3.86. The first kappa shape index (κ1) is 12.0. The van der Waals surface area contributed by atoms with E-state index in [1.807, 2.05) is 11.8 Å². The highest BCUT2D eigenvalue weighted by molar-refractivity contribution is 7.99. The quantitative estimate of drug-likeness (QED) is 0.850. The molecule has 0 amide bonds. The Morgan fingerprint density at radius 3 is 2.81 bits per heavy atom. The second kappa shape index (κ2) is 5.24. The maximum Gasteiger partial charge on any atom is 0.0428 e. The summed E-state index contributed by atoms with van der Waals surface area (Å²) in [5, 5.41) is 3.75. The molecule has 2 unspecified atom stereocenters. The number of hydrogen-bond donors (Lipinski definition) is 1. The van der Waals surface area contributed by atoms with Crippen LogP contribution in [0.3, 0.4) is 0 Å². The van der Waals surface area contributed by atoms with E-state index in [0.29, 0.717) is 12.1 Å². The Morgan fingerprint density at radius 1 is 1.31 bits per heavy atom. The maximum atomic E-state index is 3.75. The molecule has 1 nitrogen and oxygen atoms in total. The Bertz CT molecular complexity index is 348. The van der Waals surface area contributed by atoms with Crippen LogP contribution in [0.4, 0.5) is 0 Å². The molecule has 0 spiro atoms. The maximum absolute atomic E-state index is 3.75. The third kappa shape index (κ3) is 2.80. The fourth-order valence-electron chi connectivity index (χ4n) is 2.42. The van der Waals surface area contributed by atoms with Crippen LogP contribution in [0, 0.1) is 5.92 Å². The minimum absolute atomic E-state index is 0.551. The van der Waals surface area contributed by atoms with Gasteiger partial charge in [-0.3, -0.25) is 0 Å². The van der Waals surface area contributed by atoms with Crippen molar-refractivity contribution in [2.45, 2.75) is 44.2 Å². The third-order valence-electron chi connectivity index (χ3n) is 3.01. The molecule has 0 saturated carbocycles. The third-order valence-corrected chi connectivity index (χ3v) is 4.19. The van der Waals surface area contributed by atoms with E-state index < -0.39 is 0 Å². The fourth-order valence-corrected chi connectivity index (χ4v) is 3.59. The van der Waals surface area contributed by atoms with Crippen molar-refractivity contribution >= 4 is 11.8 Å². The molecule has 88 valence electrons. The van der Waals surface area contributed by atoms with E-state index in [0.717, 1.165) is 5.92 Å². The van der Waals surface area contributed by atoms with Crippen LogP contribution in [0.25, 0.3) is 0 Å². The van der Waals surface area contributed by atoms with Gasteiger partial charge in [0.05, 0.1) is 0 Å². The van der Waals surface area contributed by atoms with Crippen molar-refractivity contribution in [3.05, 3.63) is 29.8 Å². The normalized spacial score (nSPS) is 21.1. The minimum atomic E-state index is 0.551. The summed E-state index contributed by atoms with van der Waals surface area (Å²) in [7, 11) is 0. The molecule has 0 aromatic heterocycles. The summed E-state index contributed by atoms with van der Waals surface area (Å²) in [4.78, 5) is 1.46. The van der Waals surface area contributed by atoms with E-state index in [4.69, 9.17) is 0 Å². The molecule has 2 heteroatoms. The van der Waals surface area contributed by atoms with E-state index >= 15 is 0 Å². The Morgan fingerprint density at radius 2 is 2.06 bits per heavy atom. The highest BCUT2D eigenvalue weighted by Gasteiger charge is 2.23. The molecular formula is C14H21NS. The smallest absolute Gasteiger partial charge is 0.0428 e. The van der Waals surface area contributed by atoms with Crippen LogP contribution in [0.5, 0.6) is 0 Å². The summed E-state index contributed by atoms with van der Waals surface area (Å²) in [6.45, 7) is 6.87. The van der Waals surface area contributed by atoms with Gasteiger partial charge < -0.3 is 5.32 Å². The lowest BCUT2D eigenvalue weighted by atomic mass is 10.0. The van der Waals surface area contributed by atoms with Gasteiger partial charge in [-0.15, -0.1) is 11.8 Å². The second-order valence-electron chi connectivity index (χ2n) is 5.10. The first-order chi connectivity index (χ1) is 7.66. The molecule has 0 saturated heterocycles. The van der Waals surface area contributed by atoms with Crippen LogP contribution in [-0.2, 0) is 0 Å². The molecule has 0 aliphatic carbocycles. The molecule has 16 heavy (non-hydrogen) atoms. The van der Waals surface area contributed by atoms with Gasteiger partial charge in [-0.25, -0.2) is 0 Å².